The molecule has 11 heavy (non-hydrogen) atoms. The fourth-order valence-corrected chi connectivity index (χ4v) is 1.24. The van der Waals surface area contributed by atoms with Crippen LogP contribution in [0.1, 0.15) is 26.7 Å². The zero-order valence-corrected chi connectivity index (χ0v) is 6.94. The van der Waals surface area contributed by atoms with Crippen LogP contribution in [0.15, 0.2) is 0 Å². The molecule has 3 nitrogen and oxygen atoms in total. The molecular formula is C8H13NO2. The lowest BCUT2D eigenvalue weighted by molar-refractivity contribution is -0.144. The van der Waals surface area contributed by atoms with Gasteiger partial charge in [0.1, 0.15) is 11.2 Å². The number of carbonyl (C=O) groups is 2. The van der Waals surface area contributed by atoms with Gasteiger partial charge in [0, 0.05) is 13.0 Å². The van der Waals surface area contributed by atoms with Crippen LogP contribution in [-0.4, -0.2) is 18.2 Å². The van der Waals surface area contributed by atoms with Crippen LogP contribution in [0.2, 0.25) is 0 Å². The summed E-state index contributed by atoms with van der Waals surface area (Å²) in [5.41, 5.74) is -0.752. The van der Waals surface area contributed by atoms with Gasteiger partial charge in [0.15, 0.2) is 0 Å². The Morgan fingerprint density at radius 3 is 2.55 bits per heavy atom. The Bertz CT molecular complexity index is 182. The Morgan fingerprint density at radius 1 is 1.55 bits per heavy atom. The lowest BCUT2D eigenvalue weighted by Crippen LogP contribution is -2.49. The monoisotopic (exact) mass is 155 g/mol. The molecule has 0 aromatic heterocycles. The highest BCUT2D eigenvalue weighted by Gasteiger charge is 2.40. The standard InChI is InChI=1S/C8H13NO2/c1-3-8(2)6(10)4-5-9-7(8)11/h3-5H2,1-2H3,(H,9,11). The Morgan fingerprint density at radius 2 is 2.18 bits per heavy atom. The fourth-order valence-electron chi connectivity index (χ4n) is 1.24. The largest absolute Gasteiger partial charge is 0.355 e. The summed E-state index contributed by atoms with van der Waals surface area (Å²) >= 11 is 0. The molecule has 1 saturated heterocycles. The molecular weight excluding hydrogens is 142 g/mol. The molecule has 1 unspecified atom stereocenters. The topological polar surface area (TPSA) is 46.2 Å². The summed E-state index contributed by atoms with van der Waals surface area (Å²) in [6.45, 7) is 4.08. The molecule has 1 rings (SSSR count). The first-order valence-corrected chi connectivity index (χ1v) is 3.93. The van der Waals surface area contributed by atoms with Crippen LogP contribution >= 0.6 is 0 Å². The molecule has 1 fully saturated rings. The van der Waals surface area contributed by atoms with Gasteiger partial charge in [-0.1, -0.05) is 6.92 Å². The molecule has 1 N–H and O–H groups in total. The van der Waals surface area contributed by atoms with Crippen molar-refractivity contribution in [1.29, 1.82) is 0 Å². The number of amides is 1. The summed E-state index contributed by atoms with van der Waals surface area (Å²) in [7, 11) is 0. The second-order valence-corrected chi connectivity index (χ2v) is 3.11. The molecule has 1 aliphatic heterocycles. The molecule has 1 aliphatic rings. The second kappa shape index (κ2) is 2.64. The van der Waals surface area contributed by atoms with Crippen molar-refractivity contribution in [1.82, 2.24) is 5.32 Å². The normalized spacial score (nSPS) is 31.8. The first kappa shape index (κ1) is 8.24. The minimum atomic E-state index is -0.752. The molecule has 1 amide bonds. The van der Waals surface area contributed by atoms with Crippen molar-refractivity contribution in [2.45, 2.75) is 26.7 Å². The number of carbonyl (C=O) groups excluding carboxylic acids is 2. The summed E-state index contributed by atoms with van der Waals surface area (Å²) in [4.78, 5) is 22.5. The van der Waals surface area contributed by atoms with E-state index in [1.54, 1.807) is 6.92 Å². The SMILES string of the molecule is CCC1(C)C(=O)CCNC1=O. The molecule has 0 spiro atoms. The van der Waals surface area contributed by atoms with Crippen molar-refractivity contribution < 1.29 is 9.59 Å². The molecule has 62 valence electrons. The summed E-state index contributed by atoms with van der Waals surface area (Å²) in [6, 6.07) is 0. The number of hydrogen-bond donors (Lipinski definition) is 1. The predicted molar refractivity (Wildman–Crippen MR) is 41.0 cm³/mol. The van der Waals surface area contributed by atoms with Gasteiger partial charge in [0.2, 0.25) is 5.91 Å². The van der Waals surface area contributed by atoms with Crippen LogP contribution in [0.25, 0.3) is 0 Å². The van der Waals surface area contributed by atoms with Crippen LogP contribution in [0, 0.1) is 5.41 Å². The van der Waals surface area contributed by atoms with E-state index in [2.05, 4.69) is 5.32 Å². The fraction of sp³-hybridized carbons (Fsp3) is 0.750. The molecule has 3 heteroatoms. The summed E-state index contributed by atoms with van der Waals surface area (Å²) in [5, 5.41) is 2.69. The smallest absolute Gasteiger partial charge is 0.233 e. The van der Waals surface area contributed by atoms with Crippen LogP contribution in [-0.2, 0) is 9.59 Å². The third kappa shape index (κ3) is 1.15. The van der Waals surface area contributed by atoms with E-state index in [9.17, 15) is 9.59 Å². The van der Waals surface area contributed by atoms with E-state index in [1.807, 2.05) is 6.92 Å². The minimum Gasteiger partial charge on any atom is -0.355 e. The van der Waals surface area contributed by atoms with Crippen molar-refractivity contribution in [2.75, 3.05) is 6.54 Å². The number of piperidine rings is 1. The van der Waals surface area contributed by atoms with Crippen molar-refractivity contribution in [2.24, 2.45) is 5.41 Å². The van der Waals surface area contributed by atoms with Crippen molar-refractivity contribution in [3.63, 3.8) is 0 Å². The molecule has 0 radical (unpaired) electrons. The molecule has 1 heterocycles. The lowest BCUT2D eigenvalue weighted by Gasteiger charge is -2.29. The highest BCUT2D eigenvalue weighted by atomic mass is 16.2. The molecule has 0 bridgehead atoms. The van der Waals surface area contributed by atoms with Gasteiger partial charge in [0.05, 0.1) is 0 Å². The third-order valence-corrected chi connectivity index (χ3v) is 2.46. The zero-order valence-electron chi connectivity index (χ0n) is 6.94. The summed E-state index contributed by atoms with van der Waals surface area (Å²) < 4.78 is 0. The highest BCUT2D eigenvalue weighted by molar-refractivity contribution is 6.07. The van der Waals surface area contributed by atoms with Crippen LogP contribution in [0.5, 0.6) is 0 Å². The number of hydrogen-bond acceptors (Lipinski definition) is 2. The zero-order chi connectivity index (χ0) is 8.48. The van der Waals surface area contributed by atoms with Crippen LogP contribution in [0.4, 0.5) is 0 Å². The van der Waals surface area contributed by atoms with E-state index in [1.165, 1.54) is 0 Å². The van der Waals surface area contributed by atoms with Gasteiger partial charge in [-0.15, -0.1) is 0 Å². The Kier molecular flexibility index (Phi) is 1.98. The maximum Gasteiger partial charge on any atom is 0.233 e. The maximum atomic E-state index is 11.3. The van der Waals surface area contributed by atoms with Crippen LogP contribution in [0.3, 0.4) is 0 Å². The van der Waals surface area contributed by atoms with Gasteiger partial charge >= 0.3 is 0 Å². The molecule has 0 aromatic rings. The molecule has 0 aliphatic carbocycles. The highest BCUT2D eigenvalue weighted by Crippen LogP contribution is 2.26. The maximum absolute atomic E-state index is 11.3. The van der Waals surface area contributed by atoms with Gasteiger partial charge in [-0.2, -0.15) is 0 Å². The second-order valence-electron chi connectivity index (χ2n) is 3.11. The average molecular weight is 155 g/mol. The molecule has 0 aromatic carbocycles. The van der Waals surface area contributed by atoms with E-state index in [-0.39, 0.29) is 11.7 Å². The predicted octanol–water partition coefficient (Wildman–Crippen LogP) is 0.492. The van der Waals surface area contributed by atoms with Crippen molar-refractivity contribution in [3.05, 3.63) is 0 Å². The van der Waals surface area contributed by atoms with Crippen LogP contribution < -0.4 is 5.32 Å². The van der Waals surface area contributed by atoms with Gasteiger partial charge in [0.25, 0.3) is 0 Å². The summed E-state index contributed by atoms with van der Waals surface area (Å²) in [5.74, 6) is -0.0417. The van der Waals surface area contributed by atoms with Gasteiger partial charge in [-0.05, 0) is 13.3 Å². The third-order valence-electron chi connectivity index (χ3n) is 2.46. The van der Waals surface area contributed by atoms with Gasteiger partial charge in [-0.3, -0.25) is 9.59 Å². The minimum absolute atomic E-state index is 0.0729. The number of rotatable bonds is 1. The van der Waals surface area contributed by atoms with Crippen molar-refractivity contribution in [3.8, 4) is 0 Å². The first-order valence-electron chi connectivity index (χ1n) is 3.93. The Labute approximate surface area is 66.2 Å². The van der Waals surface area contributed by atoms with E-state index in [0.29, 0.717) is 19.4 Å². The van der Waals surface area contributed by atoms with E-state index in [0.717, 1.165) is 0 Å². The van der Waals surface area contributed by atoms with Gasteiger partial charge in [-0.25, -0.2) is 0 Å². The van der Waals surface area contributed by atoms with E-state index in [4.69, 9.17) is 0 Å². The Balaban J connectivity index is 2.86. The average Bonchev–Trinajstić information content (AvgIpc) is 2.00. The number of nitrogens with one attached hydrogen (secondary N) is 1. The quantitative estimate of drug-likeness (QED) is 0.560. The Hall–Kier alpha value is -0.860. The molecule has 1 atom stereocenters. The number of ketones is 1. The molecule has 0 saturated carbocycles. The van der Waals surface area contributed by atoms with Gasteiger partial charge < -0.3 is 5.32 Å². The van der Waals surface area contributed by atoms with E-state index >= 15 is 0 Å². The van der Waals surface area contributed by atoms with Crippen molar-refractivity contribution >= 4 is 11.7 Å². The first-order chi connectivity index (χ1) is 5.11. The summed E-state index contributed by atoms with van der Waals surface area (Å²) in [6.07, 6.45) is 1.08. The lowest BCUT2D eigenvalue weighted by atomic mass is 9.78. The van der Waals surface area contributed by atoms with E-state index < -0.39 is 5.41 Å². The number of Topliss-reactive ketones (excluding diaryl/α,β-unsaturated/α-hetero) is 1.